The maximum Gasteiger partial charge on any atom is 0.133 e. The Labute approximate surface area is 147 Å². The molecule has 0 amide bonds. The van der Waals surface area contributed by atoms with E-state index in [1.165, 1.54) is 24.1 Å². The van der Waals surface area contributed by atoms with Gasteiger partial charge >= 0.3 is 0 Å². The predicted molar refractivity (Wildman–Crippen MR) is 96.8 cm³/mol. The Morgan fingerprint density at radius 3 is 2.72 bits per heavy atom. The molecule has 0 aliphatic heterocycles. The molecule has 0 radical (unpaired) electrons. The Morgan fingerprint density at radius 1 is 1.08 bits per heavy atom. The van der Waals surface area contributed by atoms with Gasteiger partial charge in [-0.3, -0.25) is 0 Å². The second-order valence-corrected chi connectivity index (χ2v) is 6.54. The average Bonchev–Trinajstić information content (AvgIpc) is 3.12. The molecule has 1 unspecified atom stereocenters. The van der Waals surface area contributed by atoms with Crippen molar-refractivity contribution in [2.24, 2.45) is 0 Å². The Kier molecular flexibility index (Phi) is 4.17. The summed E-state index contributed by atoms with van der Waals surface area (Å²) in [5, 5.41) is 12.1. The number of benzene rings is 1. The lowest BCUT2D eigenvalue weighted by Gasteiger charge is -2.21. The Bertz CT molecular complexity index is 871. The van der Waals surface area contributed by atoms with Gasteiger partial charge in [0.05, 0.1) is 17.9 Å². The Morgan fingerprint density at radius 2 is 1.88 bits per heavy atom. The first-order valence-corrected chi connectivity index (χ1v) is 8.81. The molecular weight excluding hydrogens is 312 g/mol. The van der Waals surface area contributed by atoms with Crippen LogP contribution in [0.1, 0.15) is 48.6 Å². The van der Waals surface area contributed by atoms with Crippen molar-refractivity contribution in [1.82, 2.24) is 25.0 Å². The van der Waals surface area contributed by atoms with Crippen LogP contribution in [0.4, 0.5) is 5.82 Å². The van der Waals surface area contributed by atoms with Gasteiger partial charge < -0.3 is 5.32 Å². The highest BCUT2D eigenvalue weighted by Crippen LogP contribution is 2.27. The quantitative estimate of drug-likeness (QED) is 0.792. The standard InChI is InChI=1S/C19H22N6/c1-13(18-12-25(24-23-18)15-8-4-3-5-9-15)20-19-16-10-6-7-11-17(16)21-14(2)22-19/h3-5,8-9,12-13H,6-7,10-11H2,1-2H3,(H,20,21,22). The third-order valence-electron chi connectivity index (χ3n) is 4.62. The molecule has 6 heteroatoms. The van der Waals surface area contributed by atoms with Crippen molar-refractivity contribution < 1.29 is 0 Å². The van der Waals surface area contributed by atoms with Crippen LogP contribution in [0.2, 0.25) is 0 Å². The lowest BCUT2D eigenvalue weighted by atomic mass is 9.96. The summed E-state index contributed by atoms with van der Waals surface area (Å²) in [6.45, 7) is 4.04. The normalized spacial score (nSPS) is 14.8. The van der Waals surface area contributed by atoms with E-state index in [-0.39, 0.29) is 6.04 Å². The molecular formula is C19H22N6. The Balaban J connectivity index is 1.58. The van der Waals surface area contributed by atoms with Gasteiger partial charge in [-0.15, -0.1) is 5.10 Å². The summed E-state index contributed by atoms with van der Waals surface area (Å²) in [6.07, 6.45) is 6.47. The fourth-order valence-corrected chi connectivity index (χ4v) is 3.30. The molecule has 128 valence electrons. The van der Waals surface area contributed by atoms with Gasteiger partial charge in [0.25, 0.3) is 0 Å². The minimum absolute atomic E-state index is 0.0257. The van der Waals surface area contributed by atoms with Gasteiger partial charge in [0.1, 0.15) is 17.3 Å². The summed E-state index contributed by atoms with van der Waals surface area (Å²) in [4.78, 5) is 9.25. The van der Waals surface area contributed by atoms with Crippen LogP contribution in [0.5, 0.6) is 0 Å². The van der Waals surface area contributed by atoms with Crippen LogP contribution in [-0.2, 0) is 12.8 Å². The van der Waals surface area contributed by atoms with Crippen LogP contribution in [0.25, 0.3) is 5.69 Å². The molecule has 0 bridgehead atoms. The van der Waals surface area contributed by atoms with Gasteiger partial charge in [0.15, 0.2) is 0 Å². The van der Waals surface area contributed by atoms with E-state index >= 15 is 0 Å². The van der Waals surface area contributed by atoms with Crippen LogP contribution in [0.3, 0.4) is 0 Å². The summed E-state index contributed by atoms with van der Waals surface area (Å²) in [5.41, 5.74) is 4.36. The Hall–Kier alpha value is -2.76. The molecule has 3 aromatic rings. The molecule has 4 rings (SSSR count). The van der Waals surface area contributed by atoms with E-state index in [2.05, 4.69) is 32.5 Å². The number of rotatable bonds is 4. The van der Waals surface area contributed by atoms with E-state index in [0.717, 1.165) is 35.9 Å². The van der Waals surface area contributed by atoms with Crippen molar-refractivity contribution in [3.05, 3.63) is 59.3 Å². The van der Waals surface area contributed by atoms with Crippen molar-refractivity contribution in [1.29, 1.82) is 0 Å². The number of aromatic nitrogens is 5. The summed E-state index contributed by atoms with van der Waals surface area (Å²) in [6, 6.07) is 10.0. The molecule has 0 saturated heterocycles. The maximum absolute atomic E-state index is 4.64. The predicted octanol–water partition coefficient (Wildman–Crippen LogP) is 3.42. The molecule has 0 fully saturated rings. The van der Waals surface area contributed by atoms with Crippen LogP contribution in [0.15, 0.2) is 36.5 Å². The number of anilines is 1. The molecule has 1 aromatic carbocycles. The van der Waals surface area contributed by atoms with Gasteiger partial charge in [0.2, 0.25) is 0 Å². The second-order valence-electron chi connectivity index (χ2n) is 6.54. The van der Waals surface area contributed by atoms with Crippen LogP contribution >= 0.6 is 0 Å². The number of nitrogens with one attached hydrogen (secondary N) is 1. The lowest BCUT2D eigenvalue weighted by molar-refractivity contribution is 0.656. The fourth-order valence-electron chi connectivity index (χ4n) is 3.30. The zero-order chi connectivity index (χ0) is 17.2. The smallest absolute Gasteiger partial charge is 0.133 e. The fraction of sp³-hybridized carbons (Fsp3) is 0.368. The minimum atomic E-state index is 0.0257. The zero-order valence-corrected chi connectivity index (χ0v) is 14.6. The van der Waals surface area contributed by atoms with Crippen molar-refractivity contribution in [2.75, 3.05) is 5.32 Å². The summed E-state index contributed by atoms with van der Waals surface area (Å²) in [7, 11) is 0. The SMILES string of the molecule is Cc1nc2c(c(NC(C)c3cn(-c4ccccc4)nn3)n1)CCCC2. The number of hydrogen-bond donors (Lipinski definition) is 1. The van der Waals surface area contributed by atoms with E-state index in [1.54, 1.807) is 4.68 Å². The highest BCUT2D eigenvalue weighted by atomic mass is 15.4. The molecule has 2 aromatic heterocycles. The molecule has 25 heavy (non-hydrogen) atoms. The van der Waals surface area contributed by atoms with E-state index in [1.807, 2.05) is 43.5 Å². The molecule has 1 aliphatic carbocycles. The monoisotopic (exact) mass is 334 g/mol. The largest absolute Gasteiger partial charge is 0.361 e. The van der Waals surface area contributed by atoms with Crippen LogP contribution in [-0.4, -0.2) is 25.0 Å². The van der Waals surface area contributed by atoms with Gasteiger partial charge in [-0.1, -0.05) is 23.4 Å². The maximum atomic E-state index is 4.64. The summed E-state index contributed by atoms with van der Waals surface area (Å²) >= 11 is 0. The molecule has 2 heterocycles. The highest BCUT2D eigenvalue weighted by molar-refractivity contribution is 5.49. The first-order valence-electron chi connectivity index (χ1n) is 8.81. The number of nitrogens with zero attached hydrogens (tertiary/aromatic N) is 5. The van der Waals surface area contributed by atoms with Gasteiger partial charge in [-0.25, -0.2) is 14.6 Å². The van der Waals surface area contributed by atoms with Crippen LogP contribution in [0, 0.1) is 6.92 Å². The van der Waals surface area contributed by atoms with E-state index in [9.17, 15) is 0 Å². The second kappa shape index (κ2) is 6.63. The third-order valence-corrected chi connectivity index (χ3v) is 4.62. The van der Waals surface area contributed by atoms with Gasteiger partial charge in [-0.05, 0) is 51.7 Å². The van der Waals surface area contributed by atoms with Crippen molar-refractivity contribution in [3.63, 3.8) is 0 Å². The average molecular weight is 334 g/mol. The first-order chi connectivity index (χ1) is 12.2. The van der Waals surface area contributed by atoms with Gasteiger partial charge in [-0.2, -0.15) is 0 Å². The van der Waals surface area contributed by atoms with Crippen LogP contribution < -0.4 is 5.32 Å². The van der Waals surface area contributed by atoms with Crippen molar-refractivity contribution in [3.8, 4) is 5.69 Å². The third kappa shape index (κ3) is 3.24. The minimum Gasteiger partial charge on any atom is -0.361 e. The summed E-state index contributed by atoms with van der Waals surface area (Å²) < 4.78 is 1.80. The van der Waals surface area contributed by atoms with Crippen molar-refractivity contribution in [2.45, 2.75) is 45.6 Å². The number of aryl methyl sites for hydroxylation is 2. The number of fused-ring (bicyclic) bond motifs is 1. The number of para-hydroxylation sites is 1. The summed E-state index contributed by atoms with van der Waals surface area (Å²) in [5.74, 6) is 1.77. The molecule has 6 nitrogen and oxygen atoms in total. The molecule has 1 aliphatic rings. The number of hydrogen-bond acceptors (Lipinski definition) is 5. The van der Waals surface area contributed by atoms with Gasteiger partial charge in [0, 0.05) is 11.3 Å². The highest BCUT2D eigenvalue weighted by Gasteiger charge is 2.19. The zero-order valence-electron chi connectivity index (χ0n) is 14.6. The van der Waals surface area contributed by atoms with E-state index in [0.29, 0.717) is 0 Å². The van der Waals surface area contributed by atoms with E-state index in [4.69, 9.17) is 0 Å². The first kappa shape index (κ1) is 15.7. The topological polar surface area (TPSA) is 68.5 Å². The molecule has 0 spiro atoms. The molecule has 1 atom stereocenters. The lowest BCUT2D eigenvalue weighted by Crippen LogP contribution is -2.16. The molecule has 0 saturated carbocycles. The van der Waals surface area contributed by atoms with E-state index < -0.39 is 0 Å². The van der Waals surface area contributed by atoms with Crippen molar-refractivity contribution >= 4 is 5.82 Å². The molecule has 1 N–H and O–H groups in total.